The zero-order valence-electron chi connectivity index (χ0n) is 16.0. The number of benzene rings is 3. The average molecular weight is 513 g/mol. The van der Waals surface area contributed by atoms with Crippen LogP contribution in [0.5, 0.6) is 0 Å². The molecule has 0 aliphatic heterocycles. The number of anilines is 1. The summed E-state index contributed by atoms with van der Waals surface area (Å²) in [6.07, 6.45) is 1.23. The van der Waals surface area contributed by atoms with Crippen LogP contribution in [0.2, 0.25) is 10.0 Å². The van der Waals surface area contributed by atoms with E-state index >= 15 is 0 Å². The SMILES string of the molecule is O=[N+]([O-])c1ccc(Cl)c(S(=O)(=O)N(c2ccc(Cl)cc2)S(=O)(=O)C=Cc2ccccc2)c1. The molecule has 0 saturated heterocycles. The van der Waals surface area contributed by atoms with Gasteiger partial charge in [0.25, 0.3) is 25.7 Å². The summed E-state index contributed by atoms with van der Waals surface area (Å²) in [5.74, 6) is 0. The van der Waals surface area contributed by atoms with E-state index in [1.165, 1.54) is 30.3 Å². The highest BCUT2D eigenvalue weighted by atomic mass is 35.5. The molecule has 0 atom stereocenters. The highest BCUT2D eigenvalue weighted by molar-refractivity contribution is 8.11. The average Bonchev–Trinajstić information content (AvgIpc) is 2.74. The van der Waals surface area contributed by atoms with Gasteiger partial charge in [0.1, 0.15) is 4.90 Å². The van der Waals surface area contributed by atoms with Crippen molar-refractivity contribution in [2.75, 3.05) is 3.71 Å². The van der Waals surface area contributed by atoms with Gasteiger partial charge in [0, 0.05) is 17.2 Å². The van der Waals surface area contributed by atoms with Crippen molar-refractivity contribution < 1.29 is 21.8 Å². The summed E-state index contributed by atoms with van der Waals surface area (Å²) >= 11 is 11.9. The summed E-state index contributed by atoms with van der Waals surface area (Å²) in [7, 11) is -9.55. The third-order valence-corrected chi connectivity index (χ3v) is 8.72. The van der Waals surface area contributed by atoms with Gasteiger partial charge in [0.2, 0.25) is 0 Å². The standard InChI is InChI=1S/C20H14Cl2N2O6S2/c21-16-6-8-17(9-7-16)24(31(27,28)13-12-15-4-2-1-3-5-15)32(29,30)20-14-18(23(25)26)10-11-19(20)22/h1-14H. The van der Waals surface area contributed by atoms with Crippen molar-refractivity contribution in [2.45, 2.75) is 4.90 Å². The monoisotopic (exact) mass is 512 g/mol. The summed E-state index contributed by atoms with van der Waals surface area (Å²) in [5, 5.41) is 11.7. The Balaban J connectivity index is 2.21. The van der Waals surface area contributed by atoms with Gasteiger partial charge >= 0.3 is 0 Å². The first kappa shape index (κ1) is 23.7. The maximum absolute atomic E-state index is 13.4. The Morgan fingerprint density at radius 1 is 0.875 bits per heavy atom. The Morgan fingerprint density at radius 3 is 2.09 bits per heavy atom. The van der Waals surface area contributed by atoms with Crippen LogP contribution in [0.25, 0.3) is 6.08 Å². The van der Waals surface area contributed by atoms with Crippen LogP contribution in [0.1, 0.15) is 5.56 Å². The van der Waals surface area contributed by atoms with Crippen molar-refractivity contribution in [3.8, 4) is 0 Å². The molecule has 8 nitrogen and oxygen atoms in total. The Morgan fingerprint density at radius 2 is 1.50 bits per heavy atom. The minimum absolute atomic E-state index is 0.153. The predicted molar refractivity (Wildman–Crippen MR) is 124 cm³/mol. The van der Waals surface area contributed by atoms with Gasteiger partial charge in [-0.3, -0.25) is 10.1 Å². The molecule has 32 heavy (non-hydrogen) atoms. The van der Waals surface area contributed by atoms with Gasteiger partial charge in [-0.25, -0.2) is 8.42 Å². The molecule has 3 aromatic carbocycles. The molecule has 166 valence electrons. The molecule has 0 heterocycles. The molecule has 3 aromatic rings. The smallest absolute Gasteiger partial charge is 0.258 e. The van der Waals surface area contributed by atoms with Crippen molar-refractivity contribution in [3.63, 3.8) is 0 Å². The summed E-state index contributed by atoms with van der Waals surface area (Å²) in [5.41, 5.74) is -0.311. The number of sulfonamides is 2. The molecule has 0 bridgehead atoms. The Kier molecular flexibility index (Phi) is 6.89. The van der Waals surface area contributed by atoms with Crippen LogP contribution in [-0.2, 0) is 20.0 Å². The molecule has 0 spiro atoms. The molecule has 0 aromatic heterocycles. The van der Waals surface area contributed by atoms with E-state index in [9.17, 15) is 26.9 Å². The number of hydrogen-bond acceptors (Lipinski definition) is 6. The van der Waals surface area contributed by atoms with E-state index < -0.39 is 35.6 Å². The summed E-state index contributed by atoms with van der Waals surface area (Å²) < 4.78 is 53.4. The number of hydrogen-bond donors (Lipinski definition) is 0. The first-order chi connectivity index (χ1) is 15.0. The van der Waals surface area contributed by atoms with E-state index in [-0.39, 0.29) is 19.4 Å². The highest BCUT2D eigenvalue weighted by Crippen LogP contribution is 2.34. The number of rotatable bonds is 7. The van der Waals surface area contributed by atoms with Crippen LogP contribution in [0.4, 0.5) is 11.4 Å². The minimum Gasteiger partial charge on any atom is -0.258 e. The lowest BCUT2D eigenvalue weighted by atomic mass is 10.2. The van der Waals surface area contributed by atoms with Crippen molar-refractivity contribution >= 4 is 60.7 Å². The van der Waals surface area contributed by atoms with Gasteiger partial charge < -0.3 is 0 Å². The second-order valence-electron chi connectivity index (χ2n) is 6.31. The Hall–Kier alpha value is -2.92. The molecule has 0 fully saturated rings. The maximum Gasteiger partial charge on any atom is 0.279 e. The van der Waals surface area contributed by atoms with E-state index in [4.69, 9.17) is 23.2 Å². The third kappa shape index (κ3) is 5.10. The van der Waals surface area contributed by atoms with Gasteiger partial charge in [0.15, 0.2) is 0 Å². The molecular weight excluding hydrogens is 499 g/mol. The van der Waals surface area contributed by atoms with Crippen LogP contribution in [0.3, 0.4) is 0 Å². The van der Waals surface area contributed by atoms with Gasteiger partial charge in [-0.05, 0) is 42.0 Å². The van der Waals surface area contributed by atoms with Gasteiger partial charge in [-0.1, -0.05) is 53.5 Å². The van der Waals surface area contributed by atoms with Gasteiger partial charge in [0.05, 0.1) is 21.0 Å². The lowest BCUT2D eigenvalue weighted by Crippen LogP contribution is -2.35. The maximum atomic E-state index is 13.4. The normalized spacial score (nSPS) is 12.1. The van der Waals surface area contributed by atoms with Crippen molar-refractivity contribution in [1.29, 1.82) is 0 Å². The van der Waals surface area contributed by atoms with Crippen LogP contribution in [-0.4, -0.2) is 21.8 Å². The van der Waals surface area contributed by atoms with Crippen molar-refractivity contribution in [2.24, 2.45) is 0 Å². The molecule has 0 aliphatic rings. The molecule has 0 unspecified atom stereocenters. The molecule has 0 radical (unpaired) electrons. The molecule has 0 saturated carbocycles. The summed E-state index contributed by atoms with van der Waals surface area (Å²) in [6, 6.07) is 16.1. The van der Waals surface area contributed by atoms with Crippen LogP contribution in [0.15, 0.2) is 83.1 Å². The van der Waals surface area contributed by atoms with E-state index in [0.29, 0.717) is 11.6 Å². The molecule has 3 rings (SSSR count). The molecule has 12 heteroatoms. The van der Waals surface area contributed by atoms with E-state index in [0.717, 1.165) is 17.5 Å². The molecule has 0 aliphatic carbocycles. The van der Waals surface area contributed by atoms with Gasteiger partial charge in [-0.2, -0.15) is 12.1 Å². The van der Waals surface area contributed by atoms with Crippen molar-refractivity contribution in [1.82, 2.24) is 0 Å². The highest BCUT2D eigenvalue weighted by Gasteiger charge is 2.36. The number of non-ortho nitro benzene ring substituents is 1. The minimum atomic E-state index is -4.90. The molecule has 0 amide bonds. The Bertz CT molecular complexity index is 1390. The number of nitrogens with zero attached hydrogens (tertiary/aromatic N) is 2. The predicted octanol–water partition coefficient (Wildman–Crippen LogP) is 5.10. The van der Waals surface area contributed by atoms with Gasteiger partial charge in [-0.15, -0.1) is 0 Å². The van der Waals surface area contributed by atoms with Crippen LogP contribution < -0.4 is 3.71 Å². The second-order valence-corrected chi connectivity index (χ2v) is 10.8. The summed E-state index contributed by atoms with van der Waals surface area (Å²) in [6.45, 7) is 0. The molecular formula is C20H14Cl2N2O6S2. The zero-order valence-corrected chi connectivity index (χ0v) is 19.1. The number of halogens is 2. The first-order valence-corrected chi connectivity index (χ1v) is 12.5. The second kappa shape index (κ2) is 9.29. The summed E-state index contributed by atoms with van der Waals surface area (Å²) in [4.78, 5) is 9.59. The lowest BCUT2D eigenvalue weighted by molar-refractivity contribution is -0.385. The molecule has 0 N–H and O–H groups in total. The first-order valence-electron chi connectivity index (χ1n) is 8.75. The third-order valence-electron chi connectivity index (χ3n) is 4.12. The topological polar surface area (TPSA) is 115 Å². The van der Waals surface area contributed by atoms with Crippen LogP contribution in [0, 0.1) is 10.1 Å². The van der Waals surface area contributed by atoms with E-state index in [1.807, 2.05) is 0 Å². The number of nitro groups is 1. The largest absolute Gasteiger partial charge is 0.279 e. The van der Waals surface area contributed by atoms with E-state index in [1.54, 1.807) is 30.3 Å². The van der Waals surface area contributed by atoms with E-state index in [2.05, 4.69) is 0 Å². The lowest BCUT2D eigenvalue weighted by Gasteiger charge is -2.23. The Labute approximate surface area is 194 Å². The zero-order chi connectivity index (χ0) is 23.5. The number of nitro benzene ring substituents is 1. The van der Waals surface area contributed by atoms with Crippen LogP contribution >= 0.6 is 23.2 Å². The fourth-order valence-electron chi connectivity index (χ4n) is 2.66. The van der Waals surface area contributed by atoms with Crippen molar-refractivity contribution in [3.05, 3.63) is 104 Å². The quantitative estimate of drug-likeness (QED) is 0.321. The fraction of sp³-hybridized carbons (Fsp3) is 0. The fourth-order valence-corrected chi connectivity index (χ4v) is 6.70.